The molecular weight excluding hydrogens is 468 g/mol. The average Bonchev–Trinajstić information content (AvgIpc) is 2.94. The fourth-order valence-corrected chi connectivity index (χ4v) is 3.82. The van der Waals surface area contributed by atoms with E-state index in [1.165, 1.54) is 7.11 Å². The standard InChI is InChI=1S/C30H26N2O5/c1-36-26-15-9-8-14-25(26)32-29(34)23-16-18-24(19-17-23)31-27(33)20-37-30(35)28(21-10-4-2-5-11-21)22-12-6-3-7-13-22/h2-19,28H,20H2,1H3,(H,31,33)(H,32,34). The monoisotopic (exact) mass is 494 g/mol. The molecular formula is C30H26N2O5. The number of hydrogen-bond donors (Lipinski definition) is 2. The molecule has 7 heteroatoms. The average molecular weight is 495 g/mol. The van der Waals surface area contributed by atoms with Gasteiger partial charge in [0.05, 0.1) is 12.8 Å². The molecule has 0 aliphatic carbocycles. The third-order valence-electron chi connectivity index (χ3n) is 5.63. The van der Waals surface area contributed by atoms with E-state index in [4.69, 9.17) is 9.47 Å². The second-order valence-electron chi connectivity index (χ2n) is 8.14. The van der Waals surface area contributed by atoms with E-state index in [0.717, 1.165) is 11.1 Å². The number of ether oxygens (including phenoxy) is 2. The van der Waals surface area contributed by atoms with E-state index in [-0.39, 0.29) is 5.91 Å². The third-order valence-corrected chi connectivity index (χ3v) is 5.63. The Hall–Kier alpha value is -4.91. The number of carbonyl (C=O) groups excluding carboxylic acids is 3. The third kappa shape index (κ3) is 6.61. The van der Waals surface area contributed by atoms with Gasteiger partial charge in [0.15, 0.2) is 6.61 Å². The van der Waals surface area contributed by atoms with Crippen LogP contribution in [0.1, 0.15) is 27.4 Å². The minimum absolute atomic E-state index is 0.316. The maximum atomic E-state index is 13.0. The Morgan fingerprint density at radius 1 is 0.703 bits per heavy atom. The minimum Gasteiger partial charge on any atom is -0.495 e. The first-order chi connectivity index (χ1) is 18.0. The number of anilines is 2. The lowest BCUT2D eigenvalue weighted by atomic mass is 9.91. The van der Waals surface area contributed by atoms with Crippen molar-refractivity contribution in [1.29, 1.82) is 0 Å². The zero-order chi connectivity index (χ0) is 26.0. The van der Waals surface area contributed by atoms with Gasteiger partial charge >= 0.3 is 5.97 Å². The zero-order valence-electron chi connectivity index (χ0n) is 20.2. The Kier molecular flexibility index (Phi) is 8.29. The molecule has 0 heterocycles. The predicted octanol–water partition coefficient (Wildman–Crippen LogP) is 5.26. The second kappa shape index (κ2) is 12.2. The summed E-state index contributed by atoms with van der Waals surface area (Å²) in [6, 6.07) is 32.1. The fraction of sp³-hybridized carbons (Fsp3) is 0.100. The summed E-state index contributed by atoms with van der Waals surface area (Å²) in [5.41, 5.74) is 2.99. The minimum atomic E-state index is -0.642. The van der Waals surface area contributed by atoms with Crippen LogP contribution < -0.4 is 15.4 Å². The first-order valence-corrected chi connectivity index (χ1v) is 11.7. The van der Waals surface area contributed by atoms with Gasteiger partial charge in [-0.1, -0.05) is 72.8 Å². The van der Waals surface area contributed by atoms with Gasteiger partial charge in [0.25, 0.3) is 11.8 Å². The number of para-hydroxylation sites is 2. The van der Waals surface area contributed by atoms with Gasteiger partial charge in [-0.3, -0.25) is 14.4 Å². The molecule has 0 atom stereocenters. The van der Waals surface area contributed by atoms with Crippen molar-refractivity contribution in [3.63, 3.8) is 0 Å². The largest absolute Gasteiger partial charge is 0.495 e. The van der Waals surface area contributed by atoms with E-state index in [9.17, 15) is 14.4 Å². The lowest BCUT2D eigenvalue weighted by Crippen LogP contribution is -2.24. The van der Waals surface area contributed by atoms with Gasteiger partial charge in [0.1, 0.15) is 11.7 Å². The van der Waals surface area contributed by atoms with Crippen molar-refractivity contribution in [2.24, 2.45) is 0 Å². The molecule has 4 aromatic rings. The number of rotatable bonds is 9. The van der Waals surface area contributed by atoms with E-state index in [2.05, 4.69) is 10.6 Å². The number of methoxy groups -OCH3 is 1. The maximum absolute atomic E-state index is 13.0. The molecule has 0 saturated heterocycles. The Morgan fingerprint density at radius 2 is 1.27 bits per heavy atom. The Labute approximate surface area is 215 Å². The normalized spacial score (nSPS) is 10.4. The van der Waals surface area contributed by atoms with Gasteiger partial charge in [-0.2, -0.15) is 0 Å². The molecule has 0 radical (unpaired) electrons. The van der Waals surface area contributed by atoms with Gasteiger partial charge in [-0.25, -0.2) is 0 Å². The number of nitrogens with one attached hydrogen (secondary N) is 2. The van der Waals surface area contributed by atoms with Crippen molar-refractivity contribution >= 4 is 29.2 Å². The SMILES string of the molecule is COc1ccccc1NC(=O)c1ccc(NC(=O)COC(=O)C(c2ccccc2)c2ccccc2)cc1. The topological polar surface area (TPSA) is 93.7 Å². The van der Waals surface area contributed by atoms with E-state index in [0.29, 0.717) is 22.7 Å². The Morgan fingerprint density at radius 3 is 1.86 bits per heavy atom. The van der Waals surface area contributed by atoms with E-state index in [1.54, 1.807) is 42.5 Å². The first kappa shape index (κ1) is 25.2. The zero-order valence-corrected chi connectivity index (χ0v) is 20.2. The van der Waals surface area contributed by atoms with E-state index >= 15 is 0 Å². The summed E-state index contributed by atoms with van der Waals surface area (Å²) in [6.07, 6.45) is 0. The number of esters is 1. The smallest absolute Gasteiger partial charge is 0.318 e. The van der Waals surface area contributed by atoms with Crippen molar-refractivity contribution in [3.8, 4) is 5.75 Å². The van der Waals surface area contributed by atoms with Crippen LogP contribution in [0, 0.1) is 0 Å². The molecule has 2 N–H and O–H groups in total. The van der Waals surface area contributed by atoms with E-state index in [1.807, 2.05) is 66.7 Å². The van der Waals surface area contributed by atoms with Crippen LogP contribution in [0.5, 0.6) is 5.75 Å². The predicted molar refractivity (Wildman–Crippen MR) is 142 cm³/mol. The van der Waals surface area contributed by atoms with Crippen LogP contribution in [0.2, 0.25) is 0 Å². The number of amides is 2. The summed E-state index contributed by atoms with van der Waals surface area (Å²) >= 11 is 0. The summed E-state index contributed by atoms with van der Waals surface area (Å²) in [7, 11) is 1.53. The molecule has 37 heavy (non-hydrogen) atoms. The molecule has 0 aliphatic heterocycles. The summed E-state index contributed by atoms with van der Waals surface area (Å²) in [5.74, 6) is -1.41. The summed E-state index contributed by atoms with van der Waals surface area (Å²) < 4.78 is 10.6. The Bertz CT molecular complexity index is 1320. The lowest BCUT2D eigenvalue weighted by Gasteiger charge is -2.17. The first-order valence-electron chi connectivity index (χ1n) is 11.7. The van der Waals surface area contributed by atoms with Crippen LogP contribution >= 0.6 is 0 Å². The highest BCUT2D eigenvalue weighted by Gasteiger charge is 2.24. The fourth-order valence-electron chi connectivity index (χ4n) is 3.82. The van der Waals surface area contributed by atoms with E-state index < -0.39 is 24.4 Å². The summed E-state index contributed by atoms with van der Waals surface area (Å²) in [6.45, 7) is -0.439. The van der Waals surface area contributed by atoms with Gasteiger partial charge < -0.3 is 20.1 Å². The lowest BCUT2D eigenvalue weighted by molar-refractivity contribution is -0.147. The quantitative estimate of drug-likeness (QED) is 0.310. The molecule has 4 rings (SSSR count). The highest BCUT2D eigenvalue weighted by atomic mass is 16.5. The van der Waals surface area contributed by atoms with Gasteiger partial charge in [-0.05, 0) is 47.5 Å². The molecule has 0 fully saturated rings. The number of carbonyl (C=O) groups is 3. The molecule has 0 aromatic heterocycles. The molecule has 7 nitrogen and oxygen atoms in total. The van der Waals surface area contributed by atoms with Gasteiger partial charge in [0, 0.05) is 11.3 Å². The molecule has 0 bridgehead atoms. The van der Waals surface area contributed by atoms with Gasteiger partial charge in [0.2, 0.25) is 0 Å². The van der Waals surface area contributed by atoms with Crippen molar-refractivity contribution in [2.45, 2.75) is 5.92 Å². The molecule has 0 unspecified atom stereocenters. The van der Waals surface area contributed by atoms with Crippen molar-refractivity contribution in [3.05, 3.63) is 126 Å². The molecule has 0 saturated carbocycles. The number of hydrogen-bond acceptors (Lipinski definition) is 5. The maximum Gasteiger partial charge on any atom is 0.318 e. The summed E-state index contributed by atoms with van der Waals surface area (Å²) in [5, 5.41) is 5.48. The van der Waals surface area contributed by atoms with Crippen LogP contribution in [0.15, 0.2) is 109 Å². The molecule has 186 valence electrons. The van der Waals surface area contributed by atoms with Crippen molar-refractivity contribution < 1.29 is 23.9 Å². The molecule has 0 spiro atoms. The van der Waals surface area contributed by atoms with Crippen LogP contribution in [-0.4, -0.2) is 31.5 Å². The van der Waals surface area contributed by atoms with Crippen LogP contribution in [0.4, 0.5) is 11.4 Å². The van der Waals surface area contributed by atoms with Crippen molar-refractivity contribution in [1.82, 2.24) is 0 Å². The van der Waals surface area contributed by atoms with Crippen LogP contribution in [0.3, 0.4) is 0 Å². The molecule has 4 aromatic carbocycles. The Balaban J connectivity index is 1.34. The van der Waals surface area contributed by atoms with Gasteiger partial charge in [-0.15, -0.1) is 0 Å². The highest BCUT2D eigenvalue weighted by Crippen LogP contribution is 2.26. The van der Waals surface area contributed by atoms with Crippen molar-refractivity contribution in [2.75, 3.05) is 24.4 Å². The molecule has 2 amide bonds. The number of benzene rings is 4. The summed E-state index contributed by atoms with van der Waals surface area (Å²) in [4.78, 5) is 38.0. The van der Waals surface area contributed by atoms with Crippen LogP contribution in [0.25, 0.3) is 0 Å². The highest BCUT2D eigenvalue weighted by molar-refractivity contribution is 6.05. The van der Waals surface area contributed by atoms with Crippen LogP contribution in [-0.2, 0) is 14.3 Å². The second-order valence-corrected chi connectivity index (χ2v) is 8.14. The molecule has 0 aliphatic rings.